The number of nitrogens with one attached hydrogen (secondary N) is 1. The molecule has 0 spiro atoms. The molecule has 3 rings (SSSR count). The molecule has 1 N–H and O–H groups in total. The fourth-order valence-corrected chi connectivity index (χ4v) is 6.41. The summed E-state index contributed by atoms with van der Waals surface area (Å²) in [4.78, 5) is 28.7. The van der Waals surface area contributed by atoms with Gasteiger partial charge in [0.15, 0.2) is 0 Å². The molecule has 1 atom stereocenters. The maximum absolute atomic E-state index is 14.1. The van der Waals surface area contributed by atoms with E-state index in [0.717, 1.165) is 4.31 Å². The smallest absolute Gasteiger partial charge is 0.264 e. The summed E-state index contributed by atoms with van der Waals surface area (Å²) in [6, 6.07) is 16.0. The molecule has 3 aromatic rings. The van der Waals surface area contributed by atoms with Crippen LogP contribution >= 0.6 is 34.8 Å². The summed E-state index contributed by atoms with van der Waals surface area (Å²) in [7, 11) is -2.81. The van der Waals surface area contributed by atoms with Crippen LogP contribution in [0, 0.1) is 0 Å². The Morgan fingerprint density at radius 1 is 0.927 bits per heavy atom. The standard InChI is InChI=1S/C29H32Cl3N3O5S/c1-5-26(29(37)33-19(2)3)34(17-22-23(30)12-9-13-24(22)31)28(36)18-35(20-14-15-27(40-4)25(32)16-20)41(38,39)21-10-7-6-8-11-21/h6-16,19,26H,5,17-18H2,1-4H3,(H,33,37). The quantitative estimate of drug-likeness (QED) is 0.255. The summed E-state index contributed by atoms with van der Waals surface area (Å²) in [6.07, 6.45) is 0.256. The Hall–Kier alpha value is -2.98. The molecule has 0 bridgehead atoms. The van der Waals surface area contributed by atoms with Crippen molar-refractivity contribution in [1.82, 2.24) is 10.2 Å². The third kappa shape index (κ3) is 7.86. The molecule has 8 nitrogen and oxygen atoms in total. The summed E-state index contributed by atoms with van der Waals surface area (Å²) in [5, 5.41) is 3.62. The van der Waals surface area contributed by atoms with E-state index in [4.69, 9.17) is 39.5 Å². The molecule has 0 aliphatic rings. The number of hydrogen-bond donors (Lipinski definition) is 1. The minimum atomic E-state index is -4.25. The second-order valence-electron chi connectivity index (χ2n) is 9.45. The van der Waals surface area contributed by atoms with Gasteiger partial charge in [-0.05, 0) is 62.7 Å². The highest BCUT2D eigenvalue weighted by molar-refractivity contribution is 7.92. The highest BCUT2D eigenvalue weighted by Gasteiger charge is 2.34. The Balaban J connectivity index is 2.13. The number of amides is 2. The van der Waals surface area contributed by atoms with E-state index in [9.17, 15) is 18.0 Å². The molecule has 2 amide bonds. The van der Waals surface area contributed by atoms with Gasteiger partial charge in [0.2, 0.25) is 11.8 Å². The first-order valence-corrected chi connectivity index (χ1v) is 15.4. The van der Waals surface area contributed by atoms with Gasteiger partial charge in [0, 0.05) is 28.2 Å². The van der Waals surface area contributed by atoms with Crippen molar-refractivity contribution in [1.29, 1.82) is 0 Å². The highest BCUT2D eigenvalue weighted by atomic mass is 35.5. The van der Waals surface area contributed by atoms with Gasteiger partial charge in [-0.25, -0.2) is 8.42 Å². The zero-order chi connectivity index (χ0) is 30.3. The van der Waals surface area contributed by atoms with Crippen molar-refractivity contribution < 1.29 is 22.7 Å². The molecule has 0 saturated heterocycles. The van der Waals surface area contributed by atoms with Crippen LogP contribution in [0.1, 0.15) is 32.8 Å². The Labute approximate surface area is 256 Å². The lowest BCUT2D eigenvalue weighted by atomic mass is 10.1. The summed E-state index contributed by atoms with van der Waals surface area (Å²) in [5.74, 6) is -0.688. The third-order valence-electron chi connectivity index (χ3n) is 6.24. The maximum atomic E-state index is 14.1. The number of sulfonamides is 1. The molecule has 0 aliphatic carbocycles. The van der Waals surface area contributed by atoms with E-state index in [1.165, 1.54) is 42.3 Å². The van der Waals surface area contributed by atoms with Crippen LogP contribution in [0.2, 0.25) is 15.1 Å². The lowest BCUT2D eigenvalue weighted by molar-refractivity contribution is -0.140. The fraction of sp³-hybridized carbons (Fsp3) is 0.310. The zero-order valence-electron chi connectivity index (χ0n) is 23.1. The summed E-state index contributed by atoms with van der Waals surface area (Å²) < 4.78 is 34.0. The second-order valence-corrected chi connectivity index (χ2v) is 12.5. The normalized spacial score (nSPS) is 12.1. The van der Waals surface area contributed by atoms with E-state index >= 15 is 0 Å². The van der Waals surface area contributed by atoms with Gasteiger partial charge >= 0.3 is 0 Å². The highest BCUT2D eigenvalue weighted by Crippen LogP contribution is 2.33. The average Bonchev–Trinajstić information content (AvgIpc) is 2.93. The number of benzene rings is 3. The Morgan fingerprint density at radius 3 is 2.10 bits per heavy atom. The minimum absolute atomic E-state index is 0.0231. The first-order chi connectivity index (χ1) is 19.4. The number of rotatable bonds is 12. The number of carbonyl (C=O) groups is 2. The van der Waals surface area contributed by atoms with Crippen LogP contribution in [-0.2, 0) is 26.2 Å². The molecule has 0 fully saturated rings. The monoisotopic (exact) mass is 639 g/mol. The molecule has 0 saturated carbocycles. The molecule has 0 aliphatic heterocycles. The molecule has 1 unspecified atom stereocenters. The summed E-state index contributed by atoms with van der Waals surface area (Å²) in [5.41, 5.74) is 0.577. The van der Waals surface area contributed by atoms with Crippen LogP contribution in [0.15, 0.2) is 71.6 Å². The number of anilines is 1. The van der Waals surface area contributed by atoms with Gasteiger partial charge in [0.05, 0.1) is 22.7 Å². The lowest BCUT2D eigenvalue weighted by Crippen LogP contribution is -2.53. The van der Waals surface area contributed by atoms with Gasteiger partial charge in [0.1, 0.15) is 18.3 Å². The van der Waals surface area contributed by atoms with E-state index in [2.05, 4.69) is 5.32 Å². The maximum Gasteiger partial charge on any atom is 0.264 e. The van der Waals surface area contributed by atoms with Crippen molar-refractivity contribution in [2.75, 3.05) is 18.0 Å². The topological polar surface area (TPSA) is 96.0 Å². The van der Waals surface area contributed by atoms with Crippen molar-refractivity contribution in [3.8, 4) is 5.75 Å². The number of halogens is 3. The molecule has 0 aromatic heterocycles. The SMILES string of the molecule is CCC(C(=O)NC(C)C)N(Cc1c(Cl)cccc1Cl)C(=O)CN(c1ccc(OC)c(Cl)c1)S(=O)(=O)c1ccccc1. The summed E-state index contributed by atoms with van der Waals surface area (Å²) in [6.45, 7) is 4.63. The number of ether oxygens (including phenoxy) is 1. The predicted octanol–water partition coefficient (Wildman–Crippen LogP) is 6.18. The van der Waals surface area contributed by atoms with E-state index in [-0.39, 0.29) is 40.5 Å². The lowest BCUT2D eigenvalue weighted by Gasteiger charge is -2.34. The Bertz CT molecular complexity index is 1470. The van der Waals surface area contributed by atoms with Gasteiger partial charge in [-0.1, -0.05) is 66.0 Å². The third-order valence-corrected chi connectivity index (χ3v) is 9.03. The second kappa shape index (κ2) is 14.3. The van der Waals surface area contributed by atoms with Crippen molar-refractivity contribution in [2.45, 2.75) is 50.7 Å². The van der Waals surface area contributed by atoms with Crippen LogP contribution in [-0.4, -0.2) is 50.9 Å². The van der Waals surface area contributed by atoms with Crippen molar-refractivity contribution in [3.05, 3.63) is 87.4 Å². The van der Waals surface area contributed by atoms with E-state index in [1.54, 1.807) is 43.3 Å². The van der Waals surface area contributed by atoms with Gasteiger partial charge in [0.25, 0.3) is 10.0 Å². The summed E-state index contributed by atoms with van der Waals surface area (Å²) >= 11 is 19.2. The molecule has 12 heteroatoms. The van der Waals surface area contributed by atoms with Crippen LogP contribution in [0.4, 0.5) is 5.69 Å². The Kier molecular flexibility index (Phi) is 11.3. The molecule has 0 radical (unpaired) electrons. The molecule has 220 valence electrons. The number of carbonyl (C=O) groups excluding carboxylic acids is 2. The molecule has 41 heavy (non-hydrogen) atoms. The number of hydrogen-bond acceptors (Lipinski definition) is 5. The number of nitrogens with zero attached hydrogens (tertiary/aromatic N) is 2. The predicted molar refractivity (Wildman–Crippen MR) is 163 cm³/mol. The van der Waals surface area contributed by atoms with Crippen LogP contribution in [0.25, 0.3) is 0 Å². The van der Waals surface area contributed by atoms with Crippen molar-refractivity contribution >= 4 is 62.3 Å². The number of methoxy groups -OCH3 is 1. The molecule has 0 heterocycles. The fourth-order valence-electron chi connectivity index (χ4n) is 4.21. The average molecular weight is 641 g/mol. The van der Waals surface area contributed by atoms with Gasteiger partial charge in [-0.15, -0.1) is 0 Å². The van der Waals surface area contributed by atoms with Crippen molar-refractivity contribution in [3.63, 3.8) is 0 Å². The van der Waals surface area contributed by atoms with Crippen LogP contribution in [0.3, 0.4) is 0 Å². The Morgan fingerprint density at radius 2 is 1.56 bits per heavy atom. The first kappa shape index (κ1) is 32.5. The first-order valence-electron chi connectivity index (χ1n) is 12.8. The van der Waals surface area contributed by atoms with E-state index in [0.29, 0.717) is 21.4 Å². The molecule has 3 aromatic carbocycles. The largest absolute Gasteiger partial charge is 0.495 e. The van der Waals surface area contributed by atoms with E-state index in [1.807, 2.05) is 13.8 Å². The van der Waals surface area contributed by atoms with Crippen molar-refractivity contribution in [2.24, 2.45) is 0 Å². The van der Waals surface area contributed by atoms with Crippen LogP contribution < -0.4 is 14.4 Å². The molecular weight excluding hydrogens is 609 g/mol. The van der Waals surface area contributed by atoms with Gasteiger partial charge in [-0.2, -0.15) is 0 Å². The van der Waals surface area contributed by atoms with Gasteiger partial charge < -0.3 is 15.0 Å². The van der Waals surface area contributed by atoms with Gasteiger partial charge in [-0.3, -0.25) is 13.9 Å². The zero-order valence-corrected chi connectivity index (χ0v) is 26.2. The molecular formula is C29H32Cl3N3O5S. The van der Waals surface area contributed by atoms with E-state index < -0.39 is 28.5 Å². The van der Waals surface area contributed by atoms with Crippen LogP contribution in [0.5, 0.6) is 5.75 Å². The minimum Gasteiger partial charge on any atom is -0.495 e.